The van der Waals surface area contributed by atoms with Crippen LogP contribution in [0.25, 0.3) is 0 Å². The van der Waals surface area contributed by atoms with Crippen LogP contribution in [0.5, 0.6) is 11.5 Å². The predicted octanol–water partition coefficient (Wildman–Crippen LogP) is 2.34. The van der Waals surface area contributed by atoms with E-state index in [1.807, 2.05) is 61.8 Å². The zero-order valence-corrected chi connectivity index (χ0v) is 16.4. The van der Waals surface area contributed by atoms with E-state index in [2.05, 4.69) is 5.32 Å². The fourth-order valence-corrected chi connectivity index (χ4v) is 3.09. The van der Waals surface area contributed by atoms with Crippen molar-refractivity contribution in [1.82, 2.24) is 0 Å². The van der Waals surface area contributed by atoms with Gasteiger partial charge in [-0.15, -0.1) is 11.8 Å². The maximum Gasteiger partial charge on any atom is 0.279 e. The Bertz CT molecular complexity index is 692. The van der Waals surface area contributed by atoms with Crippen molar-refractivity contribution in [2.45, 2.75) is 11.3 Å². The maximum atomic E-state index is 12.2. The second kappa shape index (κ2) is 10.7. The number of carbonyl (C=O) groups is 1. The molecule has 1 amide bonds. The Morgan fingerprint density at radius 2 is 1.81 bits per heavy atom. The van der Waals surface area contributed by atoms with E-state index in [0.717, 1.165) is 39.9 Å². The van der Waals surface area contributed by atoms with Gasteiger partial charge >= 0.3 is 0 Å². The van der Waals surface area contributed by atoms with Gasteiger partial charge in [0.15, 0.2) is 6.54 Å². The zero-order valence-electron chi connectivity index (χ0n) is 15.6. The minimum atomic E-state index is 0.0278. The molecule has 2 aromatic rings. The van der Waals surface area contributed by atoms with Crippen molar-refractivity contribution >= 4 is 23.4 Å². The Kier molecular flexibility index (Phi) is 8.31. The molecule has 2 aromatic carbocycles. The van der Waals surface area contributed by atoms with E-state index >= 15 is 0 Å². The second-order valence-corrected chi connectivity index (χ2v) is 6.86. The third-order valence-electron chi connectivity index (χ3n) is 3.92. The number of para-hydroxylation sites is 1. The van der Waals surface area contributed by atoms with Crippen LogP contribution in [0.3, 0.4) is 0 Å². The largest absolute Gasteiger partial charge is 0.497 e. The van der Waals surface area contributed by atoms with Gasteiger partial charge in [0.2, 0.25) is 0 Å². The molecule has 26 heavy (non-hydrogen) atoms. The molecule has 0 aliphatic rings. The Balaban J connectivity index is 1.67. The van der Waals surface area contributed by atoms with E-state index in [1.165, 1.54) is 0 Å². The van der Waals surface area contributed by atoms with Gasteiger partial charge in [-0.3, -0.25) is 4.79 Å². The molecule has 6 heteroatoms. The Labute approximate surface area is 159 Å². The van der Waals surface area contributed by atoms with Crippen molar-refractivity contribution in [2.75, 3.05) is 45.4 Å². The summed E-state index contributed by atoms with van der Waals surface area (Å²) in [5.74, 6) is 1.67. The first-order valence-electron chi connectivity index (χ1n) is 8.63. The number of carbonyl (C=O) groups excluding carboxylic acids is 1. The quantitative estimate of drug-likeness (QED) is 0.494. The minimum absolute atomic E-state index is 0.0278. The first-order valence-corrected chi connectivity index (χ1v) is 9.86. The molecule has 0 bridgehead atoms. The van der Waals surface area contributed by atoms with Crippen LogP contribution in [0.1, 0.15) is 6.42 Å². The molecule has 2 rings (SSSR count). The van der Waals surface area contributed by atoms with E-state index in [1.54, 1.807) is 18.9 Å². The molecule has 0 heterocycles. The fraction of sp³-hybridized carbons (Fsp3) is 0.350. The van der Waals surface area contributed by atoms with Gasteiger partial charge in [-0.1, -0.05) is 12.1 Å². The van der Waals surface area contributed by atoms with Crippen molar-refractivity contribution in [3.8, 4) is 11.5 Å². The van der Waals surface area contributed by atoms with Gasteiger partial charge in [0.25, 0.3) is 5.91 Å². The normalized spacial score (nSPS) is 11.7. The minimum Gasteiger partial charge on any atom is -0.497 e. The summed E-state index contributed by atoms with van der Waals surface area (Å²) in [6.45, 7) is 1.93. The summed E-state index contributed by atoms with van der Waals surface area (Å²) in [6, 6.07) is 15.4. The Morgan fingerprint density at radius 3 is 2.50 bits per heavy atom. The van der Waals surface area contributed by atoms with Crippen LogP contribution in [0, 0.1) is 0 Å². The number of quaternary nitrogens is 1. The van der Waals surface area contributed by atoms with Crippen LogP contribution in [-0.2, 0) is 4.79 Å². The van der Waals surface area contributed by atoms with Crippen LogP contribution >= 0.6 is 11.8 Å². The van der Waals surface area contributed by atoms with Crippen LogP contribution in [0.4, 0.5) is 5.69 Å². The molecule has 2 N–H and O–H groups in total. The van der Waals surface area contributed by atoms with Gasteiger partial charge in [0, 0.05) is 11.3 Å². The molecule has 0 spiro atoms. The molecule has 140 valence electrons. The number of anilines is 1. The lowest BCUT2D eigenvalue weighted by atomic mass is 10.3. The number of methoxy groups -OCH3 is 1. The smallest absolute Gasteiger partial charge is 0.279 e. The summed E-state index contributed by atoms with van der Waals surface area (Å²) in [4.78, 5) is 14.5. The Morgan fingerprint density at radius 1 is 1.12 bits per heavy atom. The van der Waals surface area contributed by atoms with Crippen molar-refractivity contribution in [3.05, 3.63) is 48.5 Å². The fourth-order valence-electron chi connectivity index (χ4n) is 2.54. The maximum absolute atomic E-state index is 12.2. The summed E-state index contributed by atoms with van der Waals surface area (Å²) in [7, 11) is 3.66. The lowest BCUT2D eigenvalue weighted by Gasteiger charge is -2.15. The van der Waals surface area contributed by atoms with Crippen molar-refractivity contribution in [2.24, 2.45) is 0 Å². The molecule has 1 atom stereocenters. The molecule has 0 radical (unpaired) electrons. The molecule has 1 unspecified atom stereocenters. The van der Waals surface area contributed by atoms with E-state index in [-0.39, 0.29) is 5.91 Å². The summed E-state index contributed by atoms with van der Waals surface area (Å²) in [5, 5.41) is 3.00. The summed E-state index contributed by atoms with van der Waals surface area (Å²) < 4.78 is 10.8. The average molecular weight is 376 g/mol. The number of ether oxygens (including phenoxy) is 2. The third kappa shape index (κ3) is 6.61. The van der Waals surface area contributed by atoms with Gasteiger partial charge in [-0.05, 0) is 42.7 Å². The standard InChI is InChI=1S/C20H26N2O3S/c1-22(13-6-14-25-17-11-9-16(24-2)10-12-17)15-20(23)21-18-7-4-5-8-19(18)26-3/h4-5,7-12H,6,13-15H2,1-3H3,(H,21,23)/p+1. The molecule has 0 fully saturated rings. The number of likely N-dealkylation sites (N-methyl/N-ethyl adjacent to an activating group) is 1. The van der Waals surface area contributed by atoms with Crippen molar-refractivity contribution in [1.29, 1.82) is 0 Å². The highest BCUT2D eigenvalue weighted by molar-refractivity contribution is 7.98. The monoisotopic (exact) mass is 375 g/mol. The summed E-state index contributed by atoms with van der Waals surface area (Å²) in [6.07, 6.45) is 2.89. The van der Waals surface area contributed by atoms with Gasteiger partial charge in [-0.25, -0.2) is 0 Å². The first kappa shape index (κ1) is 20.1. The molecule has 0 aromatic heterocycles. The molecular formula is C20H27N2O3S+. The molecular weight excluding hydrogens is 348 g/mol. The molecule has 0 aliphatic heterocycles. The highest BCUT2D eigenvalue weighted by atomic mass is 32.2. The molecule has 0 saturated carbocycles. The molecule has 0 saturated heterocycles. The number of amides is 1. The first-order chi connectivity index (χ1) is 12.6. The second-order valence-electron chi connectivity index (χ2n) is 6.01. The predicted molar refractivity (Wildman–Crippen MR) is 107 cm³/mol. The van der Waals surface area contributed by atoms with Crippen LogP contribution in [0.2, 0.25) is 0 Å². The van der Waals surface area contributed by atoms with Gasteiger partial charge in [0.05, 0.1) is 33.0 Å². The van der Waals surface area contributed by atoms with E-state index in [0.29, 0.717) is 13.2 Å². The third-order valence-corrected chi connectivity index (χ3v) is 4.72. The van der Waals surface area contributed by atoms with Crippen LogP contribution in [-0.4, -0.2) is 46.0 Å². The highest BCUT2D eigenvalue weighted by Crippen LogP contribution is 2.24. The number of nitrogens with one attached hydrogen (secondary N) is 2. The van der Waals surface area contributed by atoms with Gasteiger partial charge < -0.3 is 19.7 Å². The van der Waals surface area contributed by atoms with Crippen LogP contribution in [0.15, 0.2) is 53.4 Å². The zero-order chi connectivity index (χ0) is 18.8. The van der Waals surface area contributed by atoms with Gasteiger partial charge in [0.1, 0.15) is 11.5 Å². The van der Waals surface area contributed by atoms with E-state index in [4.69, 9.17) is 9.47 Å². The van der Waals surface area contributed by atoms with Gasteiger partial charge in [-0.2, -0.15) is 0 Å². The topological polar surface area (TPSA) is 52.0 Å². The number of hydrogen-bond donors (Lipinski definition) is 2. The lowest BCUT2D eigenvalue weighted by Crippen LogP contribution is -3.10. The highest BCUT2D eigenvalue weighted by Gasteiger charge is 2.11. The van der Waals surface area contributed by atoms with Crippen molar-refractivity contribution < 1.29 is 19.2 Å². The van der Waals surface area contributed by atoms with E-state index < -0.39 is 0 Å². The number of benzene rings is 2. The average Bonchev–Trinajstić information content (AvgIpc) is 2.66. The van der Waals surface area contributed by atoms with Crippen LogP contribution < -0.4 is 19.7 Å². The number of rotatable bonds is 10. The lowest BCUT2D eigenvalue weighted by molar-refractivity contribution is -0.871. The number of hydrogen-bond acceptors (Lipinski definition) is 4. The molecule has 5 nitrogen and oxygen atoms in total. The SMILES string of the molecule is COc1ccc(OCCC[NH+](C)CC(=O)Nc2ccccc2SC)cc1. The number of thioether (sulfide) groups is 1. The van der Waals surface area contributed by atoms with Crippen molar-refractivity contribution in [3.63, 3.8) is 0 Å². The van der Waals surface area contributed by atoms with E-state index in [9.17, 15) is 4.79 Å². The summed E-state index contributed by atoms with van der Waals surface area (Å²) >= 11 is 1.63. The summed E-state index contributed by atoms with van der Waals surface area (Å²) in [5.41, 5.74) is 0.876. The molecule has 0 aliphatic carbocycles. The Hall–Kier alpha value is -2.18.